The van der Waals surface area contributed by atoms with E-state index in [4.69, 9.17) is 11.6 Å². The molecule has 3 nitrogen and oxygen atoms in total. The number of nitrogens with zero attached hydrogens (tertiary/aromatic N) is 1. The number of hydrogen-bond acceptors (Lipinski definition) is 3. The van der Waals surface area contributed by atoms with Crippen LogP contribution in [0.4, 0.5) is 0 Å². The van der Waals surface area contributed by atoms with Crippen molar-refractivity contribution in [2.24, 2.45) is 0 Å². The molecular weight excluding hydrogens is 426 g/mol. The van der Waals surface area contributed by atoms with Gasteiger partial charge in [-0.05, 0) is 41.7 Å². The molecule has 160 valence electrons. The van der Waals surface area contributed by atoms with Gasteiger partial charge in [0.15, 0.2) is 9.84 Å². The number of benzene rings is 3. The molecule has 0 amide bonds. The lowest BCUT2D eigenvalue weighted by Gasteiger charge is -2.26. The SMILES string of the molecule is O=S(=O)(Cc1ccc(Cl)cc1)/C(=C(/Cc1ccccc1)N1CCCC1)c1ccccc1. The predicted octanol–water partition coefficient (Wildman–Crippen LogP) is 5.96. The predicted molar refractivity (Wildman–Crippen MR) is 128 cm³/mol. The van der Waals surface area contributed by atoms with Crippen molar-refractivity contribution in [3.8, 4) is 0 Å². The first-order valence-electron chi connectivity index (χ1n) is 10.6. The molecule has 5 heteroatoms. The molecule has 3 aromatic rings. The maximum atomic E-state index is 13.9. The molecule has 3 aromatic carbocycles. The summed E-state index contributed by atoms with van der Waals surface area (Å²) in [5.41, 5.74) is 3.48. The first kappa shape index (κ1) is 21.7. The molecule has 1 fully saturated rings. The lowest BCUT2D eigenvalue weighted by atomic mass is 10.1. The first-order chi connectivity index (χ1) is 15.0. The Bertz CT molecular complexity index is 1140. The second-order valence-electron chi connectivity index (χ2n) is 7.88. The van der Waals surface area contributed by atoms with Crippen molar-refractivity contribution in [1.82, 2.24) is 4.90 Å². The Morgan fingerprint density at radius 1 is 0.774 bits per heavy atom. The van der Waals surface area contributed by atoms with E-state index in [0.29, 0.717) is 16.3 Å². The zero-order valence-corrected chi connectivity index (χ0v) is 18.9. The van der Waals surface area contributed by atoms with Crippen LogP contribution in [0.2, 0.25) is 5.02 Å². The Kier molecular flexibility index (Phi) is 6.79. The van der Waals surface area contributed by atoms with E-state index in [0.717, 1.165) is 48.3 Å². The first-order valence-corrected chi connectivity index (χ1v) is 12.6. The molecule has 1 saturated heterocycles. The van der Waals surface area contributed by atoms with Gasteiger partial charge in [-0.25, -0.2) is 8.42 Å². The van der Waals surface area contributed by atoms with Crippen LogP contribution in [-0.2, 0) is 22.0 Å². The fourth-order valence-electron chi connectivity index (χ4n) is 4.10. The monoisotopic (exact) mass is 451 g/mol. The van der Waals surface area contributed by atoms with Crippen molar-refractivity contribution >= 4 is 26.3 Å². The average molecular weight is 452 g/mol. The van der Waals surface area contributed by atoms with Gasteiger partial charge in [0.2, 0.25) is 0 Å². The van der Waals surface area contributed by atoms with Crippen molar-refractivity contribution in [3.63, 3.8) is 0 Å². The van der Waals surface area contributed by atoms with Crippen molar-refractivity contribution in [2.45, 2.75) is 25.0 Å². The zero-order valence-electron chi connectivity index (χ0n) is 17.4. The molecule has 1 aliphatic heterocycles. The highest BCUT2D eigenvalue weighted by atomic mass is 35.5. The summed E-state index contributed by atoms with van der Waals surface area (Å²) in [6, 6.07) is 26.7. The number of rotatable bonds is 7. The molecule has 31 heavy (non-hydrogen) atoms. The molecule has 0 radical (unpaired) electrons. The number of sulfone groups is 1. The molecule has 1 heterocycles. The summed E-state index contributed by atoms with van der Waals surface area (Å²) in [6.45, 7) is 1.77. The number of allylic oxidation sites excluding steroid dienone is 1. The van der Waals surface area contributed by atoms with Crippen LogP contribution >= 0.6 is 11.6 Å². The topological polar surface area (TPSA) is 37.4 Å². The van der Waals surface area contributed by atoms with Crippen LogP contribution in [0, 0.1) is 0 Å². The zero-order chi connectivity index (χ0) is 21.7. The van der Waals surface area contributed by atoms with E-state index in [1.165, 1.54) is 0 Å². The van der Waals surface area contributed by atoms with Crippen LogP contribution in [0.1, 0.15) is 29.5 Å². The summed E-state index contributed by atoms with van der Waals surface area (Å²) in [5, 5.41) is 0.599. The fourth-order valence-corrected chi connectivity index (χ4v) is 6.06. The van der Waals surface area contributed by atoms with Crippen LogP contribution in [0.25, 0.3) is 4.91 Å². The third-order valence-corrected chi connectivity index (χ3v) is 7.64. The molecule has 4 rings (SSSR count). The quantitative estimate of drug-likeness (QED) is 0.444. The molecule has 0 aliphatic carbocycles. The van der Waals surface area contributed by atoms with Crippen molar-refractivity contribution < 1.29 is 8.42 Å². The van der Waals surface area contributed by atoms with Crippen molar-refractivity contribution in [3.05, 3.63) is 112 Å². The Morgan fingerprint density at radius 2 is 1.35 bits per heavy atom. The molecule has 0 N–H and O–H groups in total. The highest BCUT2D eigenvalue weighted by Gasteiger charge is 2.28. The molecular formula is C26H26ClNO2S. The van der Waals surface area contributed by atoms with Gasteiger partial charge in [0.1, 0.15) is 0 Å². The summed E-state index contributed by atoms with van der Waals surface area (Å²) in [7, 11) is -3.60. The second kappa shape index (κ2) is 9.71. The normalized spacial score (nSPS) is 15.1. The number of likely N-dealkylation sites (tertiary alicyclic amines) is 1. The molecule has 1 aliphatic rings. The molecule has 0 saturated carbocycles. The van der Waals surface area contributed by atoms with Gasteiger partial charge in [0, 0.05) is 30.2 Å². The largest absolute Gasteiger partial charge is 0.373 e. The Hall–Kier alpha value is -2.56. The van der Waals surface area contributed by atoms with E-state index < -0.39 is 9.84 Å². The van der Waals surface area contributed by atoms with Gasteiger partial charge in [0.05, 0.1) is 10.7 Å². The molecule has 0 spiro atoms. The summed E-state index contributed by atoms with van der Waals surface area (Å²) in [5.74, 6) is -0.0550. The molecule has 0 atom stereocenters. The van der Waals surface area contributed by atoms with E-state index in [1.54, 1.807) is 24.3 Å². The highest BCUT2D eigenvalue weighted by Crippen LogP contribution is 2.33. The number of hydrogen-bond donors (Lipinski definition) is 0. The van der Waals surface area contributed by atoms with E-state index in [9.17, 15) is 8.42 Å². The third kappa shape index (κ3) is 5.38. The van der Waals surface area contributed by atoms with E-state index in [2.05, 4.69) is 17.0 Å². The van der Waals surface area contributed by atoms with Crippen molar-refractivity contribution in [2.75, 3.05) is 13.1 Å². The minimum Gasteiger partial charge on any atom is -0.373 e. The van der Waals surface area contributed by atoms with Crippen LogP contribution < -0.4 is 0 Å². The highest BCUT2D eigenvalue weighted by molar-refractivity contribution is 7.99. The fraction of sp³-hybridized carbons (Fsp3) is 0.231. The maximum Gasteiger partial charge on any atom is 0.184 e. The van der Waals surface area contributed by atoms with Crippen LogP contribution in [0.5, 0.6) is 0 Å². The average Bonchev–Trinajstić information content (AvgIpc) is 3.31. The van der Waals surface area contributed by atoms with Gasteiger partial charge in [-0.1, -0.05) is 84.4 Å². The lowest BCUT2D eigenvalue weighted by molar-refractivity contribution is 0.419. The van der Waals surface area contributed by atoms with Gasteiger partial charge in [0.25, 0.3) is 0 Å². The summed E-state index contributed by atoms with van der Waals surface area (Å²) >= 11 is 6.00. The third-order valence-electron chi connectivity index (χ3n) is 5.58. The summed E-state index contributed by atoms with van der Waals surface area (Å²) in [4.78, 5) is 2.70. The minimum atomic E-state index is -3.60. The number of halogens is 1. The van der Waals surface area contributed by atoms with Gasteiger partial charge in [-0.15, -0.1) is 0 Å². The Balaban J connectivity index is 1.85. The van der Waals surface area contributed by atoms with Crippen molar-refractivity contribution in [1.29, 1.82) is 0 Å². The molecule has 0 unspecified atom stereocenters. The smallest absolute Gasteiger partial charge is 0.184 e. The van der Waals surface area contributed by atoms with Crippen LogP contribution in [0.15, 0.2) is 90.6 Å². The van der Waals surface area contributed by atoms with Gasteiger partial charge >= 0.3 is 0 Å². The van der Waals surface area contributed by atoms with Gasteiger partial charge in [-0.3, -0.25) is 0 Å². The van der Waals surface area contributed by atoms with Crippen LogP contribution in [0.3, 0.4) is 0 Å². The minimum absolute atomic E-state index is 0.0550. The summed E-state index contributed by atoms with van der Waals surface area (Å²) < 4.78 is 27.7. The van der Waals surface area contributed by atoms with Crippen LogP contribution in [-0.4, -0.2) is 26.4 Å². The summed E-state index contributed by atoms with van der Waals surface area (Å²) in [6.07, 6.45) is 2.75. The molecule has 0 aromatic heterocycles. The van der Waals surface area contributed by atoms with E-state index in [-0.39, 0.29) is 5.75 Å². The van der Waals surface area contributed by atoms with E-state index >= 15 is 0 Å². The van der Waals surface area contributed by atoms with Gasteiger partial charge < -0.3 is 4.90 Å². The Labute approximate surface area is 189 Å². The Morgan fingerprint density at radius 3 is 1.97 bits per heavy atom. The standard InChI is InChI=1S/C26H26ClNO2S/c27-24-15-13-22(14-16-24)20-31(29,30)26(23-11-5-2-6-12-23)25(28-17-7-8-18-28)19-21-9-3-1-4-10-21/h1-6,9-16H,7-8,17-20H2/b26-25-. The maximum absolute atomic E-state index is 13.9. The lowest BCUT2D eigenvalue weighted by Crippen LogP contribution is -2.24. The van der Waals surface area contributed by atoms with E-state index in [1.807, 2.05) is 48.5 Å². The second-order valence-corrected chi connectivity index (χ2v) is 10.2. The molecule has 0 bridgehead atoms. The van der Waals surface area contributed by atoms with Gasteiger partial charge in [-0.2, -0.15) is 0 Å².